The van der Waals surface area contributed by atoms with Crippen molar-refractivity contribution in [2.24, 2.45) is 5.41 Å². The number of imidazole rings is 1. The number of pyridine rings is 1. The van der Waals surface area contributed by atoms with Crippen molar-refractivity contribution in [3.05, 3.63) is 53.3 Å². The summed E-state index contributed by atoms with van der Waals surface area (Å²) in [7, 11) is 1.81. The molecule has 0 fully saturated rings. The Kier molecular flexibility index (Phi) is 5.32. The van der Waals surface area contributed by atoms with Crippen LogP contribution in [0.3, 0.4) is 0 Å². The SMILES string of the molecule is Cc1cn2ccc(C(=O)N(C)CC(C)(C)CNc3ncncc3Cl)cc2n1. The summed E-state index contributed by atoms with van der Waals surface area (Å²) in [6.07, 6.45) is 6.79. The summed E-state index contributed by atoms with van der Waals surface area (Å²) >= 11 is 6.08. The molecule has 0 radical (unpaired) electrons. The third-order valence-electron chi connectivity index (χ3n) is 4.24. The number of carbonyl (C=O) groups excluding carboxylic acids is 1. The molecule has 0 unspecified atom stereocenters. The first-order chi connectivity index (χ1) is 12.7. The Bertz CT molecular complexity index is 968. The molecule has 0 saturated carbocycles. The number of fused-ring (bicyclic) bond motifs is 1. The molecule has 0 aliphatic rings. The van der Waals surface area contributed by atoms with E-state index < -0.39 is 0 Å². The predicted octanol–water partition coefficient (Wildman–Crippen LogP) is 3.30. The van der Waals surface area contributed by atoms with Gasteiger partial charge in [0.2, 0.25) is 0 Å². The monoisotopic (exact) mass is 386 g/mol. The summed E-state index contributed by atoms with van der Waals surface area (Å²) in [5.74, 6) is 0.556. The van der Waals surface area contributed by atoms with Crippen molar-refractivity contribution in [1.29, 1.82) is 0 Å². The number of nitrogens with one attached hydrogen (secondary N) is 1. The van der Waals surface area contributed by atoms with Gasteiger partial charge in [-0.15, -0.1) is 0 Å². The number of halogens is 1. The zero-order valence-electron chi connectivity index (χ0n) is 15.9. The normalized spacial score (nSPS) is 11.6. The lowest BCUT2D eigenvalue weighted by Gasteiger charge is -2.31. The summed E-state index contributed by atoms with van der Waals surface area (Å²) in [5, 5.41) is 3.70. The van der Waals surface area contributed by atoms with E-state index in [9.17, 15) is 4.79 Å². The van der Waals surface area contributed by atoms with Gasteiger partial charge in [-0.1, -0.05) is 25.4 Å². The van der Waals surface area contributed by atoms with Crippen LogP contribution in [0.2, 0.25) is 5.02 Å². The largest absolute Gasteiger partial charge is 0.368 e. The summed E-state index contributed by atoms with van der Waals surface area (Å²) in [4.78, 5) is 27.0. The van der Waals surface area contributed by atoms with Crippen LogP contribution in [0.1, 0.15) is 29.9 Å². The number of rotatable bonds is 6. The number of nitrogens with zero attached hydrogens (tertiary/aromatic N) is 5. The summed E-state index contributed by atoms with van der Waals surface area (Å²) in [6.45, 7) is 7.28. The molecule has 0 spiro atoms. The van der Waals surface area contributed by atoms with Crippen molar-refractivity contribution in [1.82, 2.24) is 24.3 Å². The molecular formula is C19H23ClN6O. The Hall–Kier alpha value is -2.67. The van der Waals surface area contributed by atoms with E-state index in [0.717, 1.165) is 11.3 Å². The molecular weight excluding hydrogens is 364 g/mol. The number of amides is 1. The van der Waals surface area contributed by atoms with Crippen LogP contribution in [0.5, 0.6) is 0 Å². The second-order valence-corrected chi connectivity index (χ2v) is 7.87. The minimum atomic E-state index is -0.188. The van der Waals surface area contributed by atoms with Crippen molar-refractivity contribution < 1.29 is 4.79 Å². The van der Waals surface area contributed by atoms with Crippen LogP contribution < -0.4 is 5.32 Å². The van der Waals surface area contributed by atoms with Crippen LogP contribution in [-0.2, 0) is 0 Å². The number of carbonyl (C=O) groups is 1. The maximum atomic E-state index is 12.8. The van der Waals surface area contributed by atoms with Crippen molar-refractivity contribution >= 4 is 29.0 Å². The number of hydrogen-bond acceptors (Lipinski definition) is 5. The molecule has 1 amide bonds. The maximum absolute atomic E-state index is 12.8. The van der Waals surface area contributed by atoms with Crippen molar-refractivity contribution in [3.8, 4) is 0 Å². The summed E-state index contributed by atoms with van der Waals surface area (Å²) in [5.41, 5.74) is 2.12. The van der Waals surface area contributed by atoms with Gasteiger partial charge in [0.25, 0.3) is 5.91 Å². The third kappa shape index (κ3) is 4.54. The minimum Gasteiger partial charge on any atom is -0.368 e. The fourth-order valence-electron chi connectivity index (χ4n) is 3.00. The number of anilines is 1. The first-order valence-corrected chi connectivity index (χ1v) is 9.03. The van der Waals surface area contributed by atoms with Gasteiger partial charge in [0.15, 0.2) is 0 Å². The van der Waals surface area contributed by atoms with E-state index in [-0.39, 0.29) is 11.3 Å². The quantitative estimate of drug-likeness (QED) is 0.703. The molecule has 3 aromatic rings. The average molecular weight is 387 g/mol. The molecule has 0 bridgehead atoms. The van der Waals surface area contributed by atoms with Gasteiger partial charge in [-0.3, -0.25) is 4.79 Å². The van der Waals surface area contributed by atoms with Crippen LogP contribution in [0.25, 0.3) is 5.65 Å². The smallest absolute Gasteiger partial charge is 0.253 e. The predicted molar refractivity (Wildman–Crippen MR) is 106 cm³/mol. The molecule has 8 heteroatoms. The highest BCUT2D eigenvalue weighted by molar-refractivity contribution is 6.32. The number of aromatic nitrogens is 4. The molecule has 0 aliphatic heterocycles. The van der Waals surface area contributed by atoms with E-state index in [4.69, 9.17) is 11.6 Å². The Morgan fingerprint density at radius 2 is 2.19 bits per heavy atom. The third-order valence-corrected chi connectivity index (χ3v) is 4.52. The highest BCUT2D eigenvalue weighted by atomic mass is 35.5. The van der Waals surface area contributed by atoms with E-state index in [1.165, 1.54) is 6.33 Å². The standard InChI is InChI=1S/C19H23ClN6O/c1-13-9-26-6-5-14(7-16(26)24-13)18(27)25(4)11-19(2,3)10-22-17-15(20)8-21-12-23-17/h5-9,12H,10-11H2,1-4H3,(H,21,22,23). The van der Waals surface area contributed by atoms with E-state index in [0.29, 0.717) is 29.5 Å². The van der Waals surface area contributed by atoms with Gasteiger partial charge in [0.1, 0.15) is 22.8 Å². The van der Waals surface area contributed by atoms with Crippen LogP contribution in [0, 0.1) is 12.3 Å². The highest BCUT2D eigenvalue weighted by Gasteiger charge is 2.24. The van der Waals surface area contributed by atoms with Gasteiger partial charge in [-0.25, -0.2) is 15.0 Å². The minimum absolute atomic E-state index is 0.0358. The Balaban J connectivity index is 1.65. The van der Waals surface area contributed by atoms with Crippen molar-refractivity contribution in [2.75, 3.05) is 25.5 Å². The molecule has 0 aromatic carbocycles. The van der Waals surface area contributed by atoms with Crippen LogP contribution in [-0.4, -0.2) is 50.3 Å². The lowest BCUT2D eigenvalue weighted by molar-refractivity contribution is 0.0742. The summed E-state index contributed by atoms with van der Waals surface area (Å²) in [6, 6.07) is 3.64. The van der Waals surface area contributed by atoms with Gasteiger partial charge in [-0.2, -0.15) is 0 Å². The maximum Gasteiger partial charge on any atom is 0.253 e. The number of hydrogen-bond donors (Lipinski definition) is 1. The van der Waals surface area contributed by atoms with Gasteiger partial charge in [0, 0.05) is 38.1 Å². The molecule has 3 heterocycles. The molecule has 3 aromatic heterocycles. The first kappa shape index (κ1) is 19.1. The molecule has 7 nitrogen and oxygen atoms in total. The first-order valence-electron chi connectivity index (χ1n) is 8.65. The zero-order valence-corrected chi connectivity index (χ0v) is 16.7. The molecule has 3 rings (SSSR count). The van der Waals surface area contributed by atoms with Crippen molar-refractivity contribution in [3.63, 3.8) is 0 Å². The van der Waals surface area contributed by atoms with E-state index >= 15 is 0 Å². The topological polar surface area (TPSA) is 75.4 Å². The Labute approximate surface area is 163 Å². The van der Waals surface area contributed by atoms with E-state index in [1.807, 2.05) is 42.9 Å². The fraction of sp³-hybridized carbons (Fsp3) is 0.368. The Morgan fingerprint density at radius 3 is 2.93 bits per heavy atom. The van der Waals surface area contributed by atoms with Gasteiger partial charge >= 0.3 is 0 Å². The van der Waals surface area contributed by atoms with Gasteiger partial charge in [0.05, 0.1) is 11.9 Å². The second-order valence-electron chi connectivity index (χ2n) is 7.46. The molecule has 1 N–H and O–H groups in total. The van der Waals surface area contributed by atoms with Crippen LogP contribution in [0.15, 0.2) is 37.1 Å². The highest BCUT2D eigenvalue weighted by Crippen LogP contribution is 2.22. The lowest BCUT2D eigenvalue weighted by Crippen LogP contribution is -2.39. The molecule has 0 atom stereocenters. The molecule has 0 saturated heterocycles. The van der Waals surface area contributed by atoms with Gasteiger partial charge in [-0.05, 0) is 24.5 Å². The second kappa shape index (κ2) is 7.52. The van der Waals surface area contributed by atoms with Crippen LogP contribution >= 0.6 is 11.6 Å². The van der Waals surface area contributed by atoms with Crippen LogP contribution in [0.4, 0.5) is 5.82 Å². The fourth-order valence-corrected chi connectivity index (χ4v) is 3.17. The van der Waals surface area contributed by atoms with E-state index in [1.54, 1.807) is 11.1 Å². The zero-order chi connectivity index (χ0) is 19.6. The van der Waals surface area contributed by atoms with Gasteiger partial charge < -0.3 is 14.6 Å². The van der Waals surface area contributed by atoms with Crippen molar-refractivity contribution in [2.45, 2.75) is 20.8 Å². The summed E-state index contributed by atoms with van der Waals surface area (Å²) < 4.78 is 1.91. The molecule has 0 aliphatic carbocycles. The number of aryl methyl sites for hydroxylation is 1. The average Bonchev–Trinajstić information content (AvgIpc) is 2.99. The lowest BCUT2D eigenvalue weighted by atomic mass is 9.92. The van der Waals surface area contributed by atoms with E-state index in [2.05, 4.69) is 34.1 Å². The Morgan fingerprint density at radius 1 is 1.41 bits per heavy atom. The molecule has 27 heavy (non-hydrogen) atoms. The molecule has 142 valence electrons.